The maximum Gasteiger partial charge on any atom is 0.407 e. The van der Waals surface area contributed by atoms with Crippen LogP contribution >= 0.6 is 0 Å². The normalized spacial score (nSPS) is 17.3. The number of carbonyl (C=O) groups excluding carboxylic acids is 3. The van der Waals surface area contributed by atoms with Gasteiger partial charge in [0.05, 0.1) is 37.3 Å². The second kappa shape index (κ2) is 18.1. The topological polar surface area (TPSA) is 180 Å². The molecule has 2 fully saturated rings. The third-order valence-corrected chi connectivity index (χ3v) is 10.7. The molecule has 4 heterocycles. The fourth-order valence-electron chi connectivity index (χ4n) is 7.78. The Morgan fingerprint density at radius 2 is 1.45 bits per heavy atom. The number of methoxy groups -OCH3 is 1. The third-order valence-electron chi connectivity index (χ3n) is 10.7. The number of benzene rings is 4. The first-order chi connectivity index (χ1) is 29.4. The number of ether oxygens (including phenoxy) is 1. The standard InChI is InChI=1S/C45H43N9O6/c1-58-45(57)49-39(32-13-7-4-8-14-32)44(56)54-26-10-16-37(54)42-50-40(51-52-42)33-22-19-29(20-23-33)17-18-30-21-24-34-35(27-30)48-41(47-34)36-15-9-25-53(36)43(55)38(46-28-60-59-2)31-11-5-3-6-12-31/h3-8,11-14,19-24,27-28,36-39H,9-10,15-16,25-26H2,1-2H3,(H,47,48)(H,49,57)(H,50,51,52)/t36-,37-,38+,39+/m0/s1. The van der Waals surface area contributed by atoms with Gasteiger partial charge in [-0.15, -0.1) is 0 Å². The highest BCUT2D eigenvalue weighted by atomic mass is 17.2. The van der Waals surface area contributed by atoms with Crippen molar-refractivity contribution in [1.82, 2.24) is 40.3 Å². The zero-order valence-electron chi connectivity index (χ0n) is 33.1. The molecular formula is C45H43N9O6. The van der Waals surface area contributed by atoms with Gasteiger partial charge in [0, 0.05) is 29.8 Å². The minimum atomic E-state index is -0.906. The van der Waals surface area contributed by atoms with Gasteiger partial charge in [-0.3, -0.25) is 14.7 Å². The molecule has 15 heteroatoms. The van der Waals surface area contributed by atoms with E-state index in [2.05, 4.69) is 42.2 Å². The number of nitrogens with one attached hydrogen (secondary N) is 3. The van der Waals surface area contributed by atoms with E-state index in [1.165, 1.54) is 14.2 Å². The maximum atomic E-state index is 13.9. The molecule has 0 radical (unpaired) electrons. The number of likely N-dealkylation sites (tertiary alicyclic amines) is 2. The molecule has 2 saturated heterocycles. The molecule has 8 rings (SSSR count). The van der Waals surface area contributed by atoms with Crippen molar-refractivity contribution in [2.24, 2.45) is 4.99 Å². The number of nitrogens with zero attached hydrogens (tertiary/aromatic N) is 6. The quantitative estimate of drug-likeness (QED) is 0.0432. The molecule has 3 amide bonds. The monoisotopic (exact) mass is 805 g/mol. The summed E-state index contributed by atoms with van der Waals surface area (Å²) in [5.74, 6) is 7.91. The zero-order valence-corrected chi connectivity index (χ0v) is 33.1. The van der Waals surface area contributed by atoms with Crippen molar-refractivity contribution < 1.29 is 28.9 Å². The molecule has 4 aromatic carbocycles. The summed E-state index contributed by atoms with van der Waals surface area (Å²) in [7, 11) is 2.65. The van der Waals surface area contributed by atoms with Crippen molar-refractivity contribution in [3.05, 3.63) is 137 Å². The molecule has 6 aromatic rings. The third kappa shape index (κ3) is 8.59. The van der Waals surface area contributed by atoms with Crippen molar-refractivity contribution in [2.45, 2.75) is 49.9 Å². The number of hydrogen-bond acceptors (Lipinski definition) is 10. The summed E-state index contributed by atoms with van der Waals surface area (Å²) in [5.41, 5.74) is 5.44. The lowest BCUT2D eigenvalue weighted by Gasteiger charge is -2.28. The first-order valence-corrected chi connectivity index (χ1v) is 19.7. The van der Waals surface area contributed by atoms with Crippen LogP contribution in [-0.2, 0) is 24.1 Å². The van der Waals surface area contributed by atoms with Gasteiger partial charge in [-0.2, -0.15) is 9.99 Å². The molecule has 60 heavy (non-hydrogen) atoms. The molecule has 0 saturated carbocycles. The zero-order chi connectivity index (χ0) is 41.4. The Balaban J connectivity index is 0.939. The Morgan fingerprint density at radius 1 is 0.800 bits per heavy atom. The van der Waals surface area contributed by atoms with Crippen LogP contribution in [0.1, 0.15) is 83.8 Å². The van der Waals surface area contributed by atoms with Gasteiger partial charge in [0.15, 0.2) is 11.9 Å². The molecule has 304 valence electrons. The number of hydrogen-bond donors (Lipinski definition) is 3. The van der Waals surface area contributed by atoms with Crippen LogP contribution in [0.4, 0.5) is 4.79 Å². The van der Waals surface area contributed by atoms with Crippen LogP contribution < -0.4 is 5.32 Å². The molecule has 2 aliphatic rings. The molecule has 3 N–H and O–H groups in total. The lowest BCUT2D eigenvalue weighted by molar-refractivity contribution is -0.188. The van der Waals surface area contributed by atoms with Crippen molar-refractivity contribution in [3.63, 3.8) is 0 Å². The van der Waals surface area contributed by atoms with E-state index < -0.39 is 18.2 Å². The number of alkyl carbamates (subject to hydrolysis) is 1. The first kappa shape index (κ1) is 39.5. The summed E-state index contributed by atoms with van der Waals surface area (Å²) in [6, 6.07) is 29.7. The van der Waals surface area contributed by atoms with Gasteiger partial charge < -0.3 is 29.7 Å². The SMILES string of the molecule is COOC=N[C@@H](C(=O)N1CCC[C@H]1c1nc2ccc(C#Cc3ccc(-c4n[nH]c([C@@H]5CCCN5C(=O)[C@H](NC(=O)OC)c5ccccc5)n4)cc3)cc2[nH]1)c1ccccc1. The Kier molecular flexibility index (Phi) is 11.9. The highest BCUT2D eigenvalue weighted by Gasteiger charge is 2.38. The van der Waals surface area contributed by atoms with Crippen LogP contribution in [0.2, 0.25) is 0 Å². The molecule has 0 bridgehead atoms. The average molecular weight is 806 g/mol. The number of aromatic amines is 2. The minimum Gasteiger partial charge on any atom is -0.453 e. The highest BCUT2D eigenvalue weighted by molar-refractivity contribution is 5.88. The Labute approximate surface area is 346 Å². The van der Waals surface area contributed by atoms with Crippen LogP contribution in [-0.4, -0.2) is 86.6 Å². The molecule has 4 atom stereocenters. The summed E-state index contributed by atoms with van der Waals surface area (Å²) in [5, 5.41) is 10.2. The average Bonchev–Trinajstić information content (AvgIpc) is 4.13. The van der Waals surface area contributed by atoms with Crippen molar-refractivity contribution in [2.75, 3.05) is 27.3 Å². The molecule has 2 aromatic heterocycles. The number of H-pyrrole nitrogens is 2. The summed E-state index contributed by atoms with van der Waals surface area (Å²) in [6.07, 6.45) is 3.56. The van der Waals surface area contributed by atoms with Crippen molar-refractivity contribution >= 4 is 35.3 Å². The smallest absolute Gasteiger partial charge is 0.407 e. The van der Waals surface area contributed by atoms with E-state index in [0.29, 0.717) is 36.7 Å². The molecule has 0 unspecified atom stereocenters. The highest BCUT2D eigenvalue weighted by Crippen LogP contribution is 2.36. The second-order valence-corrected chi connectivity index (χ2v) is 14.4. The van der Waals surface area contributed by atoms with Crippen LogP contribution in [0.5, 0.6) is 0 Å². The van der Waals surface area contributed by atoms with Crippen LogP contribution in [0.15, 0.2) is 108 Å². The molecule has 2 aliphatic heterocycles. The lowest BCUT2D eigenvalue weighted by atomic mass is 10.1. The number of fused-ring (bicyclic) bond motifs is 1. The van der Waals surface area contributed by atoms with Gasteiger partial charge in [0.25, 0.3) is 11.8 Å². The molecule has 0 aliphatic carbocycles. The van der Waals surface area contributed by atoms with Gasteiger partial charge in [-0.1, -0.05) is 72.5 Å². The fraction of sp³-hybridized carbons (Fsp3) is 0.267. The van der Waals surface area contributed by atoms with Gasteiger partial charge in [0.2, 0.25) is 6.40 Å². The number of imidazole rings is 1. The summed E-state index contributed by atoms with van der Waals surface area (Å²) < 4.78 is 4.81. The Morgan fingerprint density at radius 3 is 2.15 bits per heavy atom. The fourth-order valence-corrected chi connectivity index (χ4v) is 7.78. The van der Waals surface area contributed by atoms with E-state index >= 15 is 0 Å². The van der Waals surface area contributed by atoms with Crippen molar-refractivity contribution in [3.8, 4) is 23.2 Å². The number of amides is 3. The largest absolute Gasteiger partial charge is 0.453 e. The summed E-state index contributed by atoms with van der Waals surface area (Å²) >= 11 is 0. The van der Waals surface area contributed by atoms with Crippen LogP contribution in [0.3, 0.4) is 0 Å². The predicted octanol–water partition coefficient (Wildman–Crippen LogP) is 6.52. The van der Waals surface area contributed by atoms with Gasteiger partial charge in [-0.05, 0) is 79.3 Å². The molecule has 15 nitrogen and oxygen atoms in total. The first-order valence-electron chi connectivity index (χ1n) is 19.7. The van der Waals surface area contributed by atoms with Crippen LogP contribution in [0, 0.1) is 11.8 Å². The van der Waals surface area contributed by atoms with Crippen molar-refractivity contribution in [1.29, 1.82) is 0 Å². The summed E-state index contributed by atoms with van der Waals surface area (Å²) in [6.45, 7) is 1.11. The maximum absolute atomic E-state index is 13.9. The van der Waals surface area contributed by atoms with Gasteiger partial charge in [0.1, 0.15) is 17.7 Å². The minimum absolute atomic E-state index is 0.141. The van der Waals surface area contributed by atoms with Gasteiger partial charge >= 0.3 is 6.09 Å². The Hall–Kier alpha value is -7.31. The van der Waals surface area contributed by atoms with E-state index in [1.54, 1.807) is 17.0 Å². The number of aromatic nitrogens is 5. The van der Waals surface area contributed by atoms with Crippen LogP contribution in [0.25, 0.3) is 22.4 Å². The molecular weight excluding hydrogens is 763 g/mol. The van der Waals surface area contributed by atoms with E-state index in [0.717, 1.165) is 64.8 Å². The van der Waals surface area contributed by atoms with E-state index in [9.17, 15) is 14.4 Å². The second-order valence-electron chi connectivity index (χ2n) is 14.4. The van der Waals surface area contributed by atoms with Gasteiger partial charge in [-0.25, -0.2) is 19.8 Å². The number of aliphatic imine (C=N–C) groups is 1. The van der Waals surface area contributed by atoms with E-state index in [1.807, 2.05) is 95.9 Å². The predicted molar refractivity (Wildman–Crippen MR) is 222 cm³/mol. The lowest BCUT2D eigenvalue weighted by Crippen LogP contribution is -2.42. The summed E-state index contributed by atoms with van der Waals surface area (Å²) in [4.78, 5) is 70.6. The number of rotatable bonds is 11. The number of carbonyl (C=O) groups is 3. The Bertz CT molecular complexity index is 2550. The molecule has 0 spiro atoms. The van der Waals surface area contributed by atoms with E-state index in [4.69, 9.17) is 19.6 Å². The van der Waals surface area contributed by atoms with E-state index in [-0.39, 0.29) is 23.9 Å².